The van der Waals surface area contributed by atoms with E-state index in [9.17, 15) is 19.8 Å². The second-order valence-electron chi connectivity index (χ2n) is 10.5. The first kappa shape index (κ1) is 30.0. The number of ether oxygens (including phenoxy) is 4. The Kier molecular flexibility index (Phi) is 8.43. The first-order valence-corrected chi connectivity index (χ1v) is 14.5. The lowest BCUT2D eigenvalue weighted by Gasteiger charge is -2.24. The van der Waals surface area contributed by atoms with E-state index in [1.807, 2.05) is 60.7 Å². The molecule has 0 fully saturated rings. The molecule has 0 aromatic heterocycles. The summed E-state index contributed by atoms with van der Waals surface area (Å²) in [6.07, 6.45) is -2.70. The van der Waals surface area contributed by atoms with Gasteiger partial charge in [0, 0.05) is 22.3 Å². The van der Waals surface area contributed by atoms with Crippen molar-refractivity contribution in [2.24, 2.45) is 0 Å². The summed E-state index contributed by atoms with van der Waals surface area (Å²) in [7, 11) is 3.07. The molecular formula is C38H30O8. The third-order valence-electron chi connectivity index (χ3n) is 7.81. The number of aliphatic carboxylic acids is 2. The Labute approximate surface area is 265 Å². The van der Waals surface area contributed by atoms with E-state index in [4.69, 9.17) is 18.9 Å². The lowest BCUT2D eigenvalue weighted by molar-refractivity contribution is -0.146. The molecule has 0 spiro atoms. The third kappa shape index (κ3) is 5.88. The summed E-state index contributed by atoms with van der Waals surface area (Å²) in [6.45, 7) is 0. The lowest BCUT2D eigenvalue weighted by atomic mass is 9.92. The number of carboxylic acid groups (broad SMARTS) is 2. The molecule has 0 bridgehead atoms. The molecule has 230 valence electrons. The molecule has 46 heavy (non-hydrogen) atoms. The largest absolute Gasteiger partial charge is 0.497 e. The zero-order valence-corrected chi connectivity index (χ0v) is 25.0. The number of benzene rings is 6. The number of rotatable bonds is 11. The van der Waals surface area contributed by atoms with Gasteiger partial charge in [-0.05, 0) is 57.9 Å². The highest BCUT2D eigenvalue weighted by atomic mass is 16.5. The van der Waals surface area contributed by atoms with Gasteiger partial charge in [0.25, 0.3) is 0 Å². The highest BCUT2D eigenvalue weighted by Gasteiger charge is 2.28. The molecule has 2 atom stereocenters. The zero-order valence-electron chi connectivity index (χ0n) is 25.0. The van der Waals surface area contributed by atoms with E-state index in [0.717, 1.165) is 21.5 Å². The number of carbonyl (C=O) groups is 2. The Hall–Kier alpha value is -6.02. The van der Waals surface area contributed by atoms with E-state index in [0.29, 0.717) is 45.3 Å². The fraction of sp³-hybridized carbons (Fsp3) is 0.105. The normalized spacial score (nSPS) is 12.3. The fourth-order valence-electron chi connectivity index (χ4n) is 5.55. The Morgan fingerprint density at radius 2 is 0.870 bits per heavy atom. The van der Waals surface area contributed by atoms with Crippen molar-refractivity contribution in [2.45, 2.75) is 12.2 Å². The smallest absolute Gasteiger partial charge is 0.349 e. The summed E-state index contributed by atoms with van der Waals surface area (Å²) in [4.78, 5) is 25.2. The Morgan fingerprint density at radius 1 is 0.500 bits per heavy atom. The zero-order chi connectivity index (χ0) is 32.2. The molecule has 0 saturated heterocycles. The average Bonchev–Trinajstić information content (AvgIpc) is 3.09. The molecular weight excluding hydrogens is 584 g/mol. The van der Waals surface area contributed by atoms with Gasteiger partial charge >= 0.3 is 11.9 Å². The van der Waals surface area contributed by atoms with Gasteiger partial charge in [-0.15, -0.1) is 0 Å². The van der Waals surface area contributed by atoms with Crippen molar-refractivity contribution in [1.82, 2.24) is 0 Å². The maximum Gasteiger partial charge on any atom is 0.349 e. The predicted octanol–water partition coefficient (Wildman–Crippen LogP) is 8.09. The summed E-state index contributed by atoms with van der Waals surface area (Å²) in [5.41, 5.74) is 1.99. The Balaban J connectivity index is 1.57. The van der Waals surface area contributed by atoms with Gasteiger partial charge < -0.3 is 29.2 Å². The van der Waals surface area contributed by atoms with Crippen LogP contribution in [0.15, 0.2) is 121 Å². The van der Waals surface area contributed by atoms with Gasteiger partial charge in [0.05, 0.1) is 14.2 Å². The van der Waals surface area contributed by atoms with Crippen molar-refractivity contribution in [1.29, 1.82) is 0 Å². The van der Waals surface area contributed by atoms with E-state index in [2.05, 4.69) is 0 Å². The van der Waals surface area contributed by atoms with E-state index in [1.165, 1.54) is 14.2 Å². The molecule has 8 heteroatoms. The van der Waals surface area contributed by atoms with Crippen LogP contribution in [0.3, 0.4) is 0 Å². The molecule has 0 heterocycles. The maximum atomic E-state index is 12.6. The maximum absolute atomic E-state index is 12.6. The second-order valence-corrected chi connectivity index (χ2v) is 10.5. The fourth-order valence-corrected chi connectivity index (χ4v) is 5.55. The number of hydrogen-bond donors (Lipinski definition) is 2. The molecule has 2 N–H and O–H groups in total. The van der Waals surface area contributed by atoms with Crippen molar-refractivity contribution in [3.05, 3.63) is 132 Å². The van der Waals surface area contributed by atoms with Crippen LogP contribution in [0.1, 0.15) is 23.3 Å². The average molecular weight is 615 g/mol. The van der Waals surface area contributed by atoms with E-state index < -0.39 is 24.1 Å². The number of methoxy groups -OCH3 is 2. The molecule has 6 aromatic rings. The Morgan fingerprint density at radius 3 is 1.22 bits per heavy atom. The van der Waals surface area contributed by atoms with E-state index in [-0.39, 0.29) is 0 Å². The van der Waals surface area contributed by atoms with Crippen molar-refractivity contribution in [3.8, 4) is 34.1 Å². The minimum absolute atomic E-state index is 0.291. The number of carboxylic acids is 2. The van der Waals surface area contributed by atoms with Gasteiger partial charge in [-0.25, -0.2) is 9.59 Å². The van der Waals surface area contributed by atoms with Crippen LogP contribution in [0.4, 0.5) is 0 Å². The monoisotopic (exact) mass is 614 g/mol. The van der Waals surface area contributed by atoms with Crippen LogP contribution >= 0.6 is 0 Å². The summed E-state index contributed by atoms with van der Waals surface area (Å²) in [5.74, 6) is -0.601. The lowest BCUT2D eigenvalue weighted by Crippen LogP contribution is -2.19. The summed E-state index contributed by atoms with van der Waals surface area (Å²) in [5, 5.41) is 23.9. The van der Waals surface area contributed by atoms with Gasteiger partial charge in [0.15, 0.2) is 0 Å². The first-order valence-electron chi connectivity index (χ1n) is 14.5. The topological polar surface area (TPSA) is 112 Å². The van der Waals surface area contributed by atoms with Gasteiger partial charge in [0.1, 0.15) is 23.0 Å². The van der Waals surface area contributed by atoms with E-state index >= 15 is 0 Å². The minimum atomic E-state index is -1.35. The summed E-state index contributed by atoms with van der Waals surface area (Å²) in [6, 6.07) is 35.9. The van der Waals surface area contributed by atoms with E-state index in [1.54, 1.807) is 60.7 Å². The van der Waals surface area contributed by atoms with Gasteiger partial charge in [0.2, 0.25) is 12.2 Å². The van der Waals surface area contributed by atoms with Crippen LogP contribution < -0.4 is 18.9 Å². The molecule has 0 radical (unpaired) electrons. The van der Waals surface area contributed by atoms with Crippen molar-refractivity contribution < 1.29 is 38.7 Å². The molecule has 6 aromatic carbocycles. The second kappa shape index (κ2) is 12.9. The third-order valence-corrected chi connectivity index (χ3v) is 7.81. The van der Waals surface area contributed by atoms with Gasteiger partial charge in [-0.3, -0.25) is 0 Å². The van der Waals surface area contributed by atoms with Crippen LogP contribution in [0.5, 0.6) is 23.0 Å². The quantitative estimate of drug-likeness (QED) is 0.151. The number of fused-ring (bicyclic) bond motifs is 2. The van der Waals surface area contributed by atoms with Gasteiger partial charge in [-0.1, -0.05) is 84.9 Å². The molecule has 0 aliphatic heterocycles. The molecule has 0 aliphatic carbocycles. The summed E-state index contributed by atoms with van der Waals surface area (Å²) < 4.78 is 23.2. The van der Waals surface area contributed by atoms with Crippen LogP contribution in [0, 0.1) is 0 Å². The molecule has 2 unspecified atom stereocenters. The molecule has 8 nitrogen and oxygen atoms in total. The highest BCUT2D eigenvalue weighted by Crippen LogP contribution is 2.47. The Bertz CT molecular complexity index is 1890. The summed E-state index contributed by atoms with van der Waals surface area (Å²) >= 11 is 0. The van der Waals surface area contributed by atoms with Crippen LogP contribution in [-0.4, -0.2) is 36.4 Å². The van der Waals surface area contributed by atoms with Crippen molar-refractivity contribution in [3.63, 3.8) is 0 Å². The van der Waals surface area contributed by atoms with Crippen LogP contribution in [0.25, 0.3) is 32.7 Å². The molecule has 0 aliphatic rings. The minimum Gasteiger partial charge on any atom is -0.497 e. The standard InChI is InChI=1S/C38H30O8/c1-43-27-17-11-25(12-18-27)35(37(39)40)45-31-21-15-23-7-3-5-9-29(23)33(31)34-30-10-6-4-8-24(30)16-22-32(34)46-36(38(41)42)26-13-19-28(44-2)20-14-26/h3-22,35-36H,1-2H3,(H,39,40)(H,41,42). The first-order chi connectivity index (χ1) is 22.4. The molecule has 0 amide bonds. The number of hydrogen-bond acceptors (Lipinski definition) is 6. The SMILES string of the molecule is COc1ccc(C(Oc2ccc3ccccc3c2-c2c(OC(C(=O)O)c3ccc(OC)cc3)ccc3ccccc23)C(=O)O)cc1. The van der Waals surface area contributed by atoms with Gasteiger partial charge in [-0.2, -0.15) is 0 Å². The van der Waals surface area contributed by atoms with Crippen molar-refractivity contribution in [2.75, 3.05) is 14.2 Å². The van der Waals surface area contributed by atoms with Crippen LogP contribution in [-0.2, 0) is 9.59 Å². The molecule has 0 saturated carbocycles. The van der Waals surface area contributed by atoms with Crippen LogP contribution in [0.2, 0.25) is 0 Å². The molecule has 6 rings (SSSR count). The predicted molar refractivity (Wildman–Crippen MR) is 175 cm³/mol. The van der Waals surface area contributed by atoms with Crippen molar-refractivity contribution >= 4 is 33.5 Å². The highest BCUT2D eigenvalue weighted by molar-refractivity contribution is 6.10.